The van der Waals surface area contributed by atoms with Crippen LogP contribution in [0.4, 0.5) is 5.69 Å². The quantitative estimate of drug-likeness (QED) is 0.657. The Bertz CT molecular complexity index is 852. The van der Waals surface area contributed by atoms with Crippen LogP contribution < -0.4 is 14.8 Å². The molecule has 0 unspecified atom stereocenters. The first-order valence-electron chi connectivity index (χ1n) is 8.08. The lowest BCUT2D eigenvalue weighted by atomic mass is 10.3. The van der Waals surface area contributed by atoms with Crippen LogP contribution in [0.1, 0.15) is 20.3 Å². The normalized spacial score (nSPS) is 11.4. The first-order valence-corrected chi connectivity index (χ1v) is 10.4. The summed E-state index contributed by atoms with van der Waals surface area (Å²) >= 11 is 3.24. The number of rotatable bonds is 8. The molecule has 0 atom stereocenters. The number of ether oxygens (including phenoxy) is 1. The Morgan fingerprint density at radius 1 is 1.15 bits per heavy atom. The van der Waals surface area contributed by atoms with Crippen molar-refractivity contribution in [3.8, 4) is 5.75 Å². The molecule has 0 aliphatic rings. The van der Waals surface area contributed by atoms with Crippen LogP contribution in [-0.2, 0) is 14.8 Å². The summed E-state index contributed by atoms with van der Waals surface area (Å²) < 4.78 is 33.0. The molecule has 2 rings (SSSR count). The Morgan fingerprint density at radius 2 is 1.85 bits per heavy atom. The summed E-state index contributed by atoms with van der Waals surface area (Å²) in [6, 6.07) is 13.4. The summed E-state index contributed by atoms with van der Waals surface area (Å²) in [6.45, 7) is 3.88. The number of anilines is 1. The second-order valence-electron chi connectivity index (χ2n) is 5.84. The zero-order valence-corrected chi connectivity index (χ0v) is 16.9. The van der Waals surface area contributed by atoms with Crippen LogP contribution in [-0.4, -0.2) is 27.0 Å². The van der Waals surface area contributed by atoms with Gasteiger partial charge in [-0.25, -0.2) is 13.1 Å². The number of carbonyl (C=O) groups is 1. The van der Waals surface area contributed by atoms with E-state index in [4.69, 9.17) is 4.74 Å². The topological polar surface area (TPSA) is 84.5 Å². The Hall–Kier alpha value is -1.90. The predicted octanol–water partition coefficient (Wildman–Crippen LogP) is 3.54. The molecule has 0 aliphatic heterocycles. The Labute approximate surface area is 162 Å². The fraction of sp³-hybridized carbons (Fsp3) is 0.278. The van der Waals surface area contributed by atoms with Gasteiger partial charge < -0.3 is 10.1 Å². The highest BCUT2D eigenvalue weighted by molar-refractivity contribution is 9.10. The maximum atomic E-state index is 12.2. The van der Waals surface area contributed by atoms with Gasteiger partial charge in [0.25, 0.3) is 0 Å². The lowest BCUT2D eigenvalue weighted by Gasteiger charge is -2.11. The van der Waals surface area contributed by atoms with Crippen LogP contribution in [0.2, 0.25) is 0 Å². The molecule has 0 heterocycles. The average molecular weight is 441 g/mol. The molecule has 2 N–H and O–H groups in total. The van der Waals surface area contributed by atoms with Crippen LogP contribution in [0.25, 0.3) is 0 Å². The van der Waals surface area contributed by atoms with E-state index in [-0.39, 0.29) is 29.9 Å². The van der Waals surface area contributed by atoms with Gasteiger partial charge in [0.2, 0.25) is 15.9 Å². The first kappa shape index (κ1) is 20.4. The van der Waals surface area contributed by atoms with Gasteiger partial charge >= 0.3 is 0 Å². The molecule has 140 valence electrons. The van der Waals surface area contributed by atoms with Gasteiger partial charge in [0.15, 0.2) is 0 Å². The maximum Gasteiger partial charge on any atom is 0.240 e. The second kappa shape index (κ2) is 9.16. The molecule has 0 spiro atoms. The van der Waals surface area contributed by atoms with Gasteiger partial charge in [-0.05, 0) is 56.3 Å². The highest BCUT2D eigenvalue weighted by Gasteiger charge is 2.14. The van der Waals surface area contributed by atoms with Gasteiger partial charge in [-0.1, -0.05) is 22.0 Å². The molecule has 6 nitrogen and oxygen atoms in total. The van der Waals surface area contributed by atoms with Gasteiger partial charge in [-0.15, -0.1) is 0 Å². The van der Waals surface area contributed by atoms with Crippen LogP contribution in [0.3, 0.4) is 0 Å². The first-order chi connectivity index (χ1) is 12.3. The average Bonchev–Trinajstić information content (AvgIpc) is 2.56. The van der Waals surface area contributed by atoms with Gasteiger partial charge in [0.1, 0.15) is 5.75 Å². The molecule has 0 saturated carbocycles. The summed E-state index contributed by atoms with van der Waals surface area (Å²) in [5.74, 6) is 0.444. The third-order valence-corrected chi connectivity index (χ3v) is 5.21. The number of hydrogen-bond acceptors (Lipinski definition) is 4. The fourth-order valence-electron chi connectivity index (χ4n) is 2.13. The minimum atomic E-state index is -3.65. The van der Waals surface area contributed by atoms with E-state index in [0.29, 0.717) is 10.2 Å². The van der Waals surface area contributed by atoms with Crippen molar-refractivity contribution in [1.82, 2.24) is 4.72 Å². The standard InChI is InChI=1S/C18H21BrN2O4S/c1-13(2)25-16-8-6-15(7-9-16)21-18(22)10-11-20-26(23,24)17-5-3-4-14(19)12-17/h3-9,12-13,20H,10-11H2,1-2H3,(H,21,22). The zero-order valence-electron chi connectivity index (χ0n) is 14.5. The second-order valence-corrected chi connectivity index (χ2v) is 8.53. The van der Waals surface area contributed by atoms with E-state index in [1.54, 1.807) is 36.4 Å². The summed E-state index contributed by atoms with van der Waals surface area (Å²) in [4.78, 5) is 12.1. The minimum Gasteiger partial charge on any atom is -0.491 e. The molecule has 0 radical (unpaired) electrons. The predicted molar refractivity (Wildman–Crippen MR) is 105 cm³/mol. The SMILES string of the molecule is CC(C)Oc1ccc(NC(=O)CCNS(=O)(=O)c2cccc(Br)c2)cc1. The fourth-order valence-corrected chi connectivity index (χ4v) is 3.76. The number of amides is 1. The number of sulfonamides is 1. The molecule has 2 aromatic carbocycles. The van der Waals surface area contributed by atoms with E-state index in [2.05, 4.69) is 26.0 Å². The van der Waals surface area contributed by atoms with Crippen LogP contribution in [0, 0.1) is 0 Å². The van der Waals surface area contributed by atoms with E-state index < -0.39 is 10.0 Å². The number of nitrogens with one attached hydrogen (secondary N) is 2. The van der Waals surface area contributed by atoms with E-state index in [1.165, 1.54) is 12.1 Å². The minimum absolute atomic E-state index is 0.00915. The van der Waals surface area contributed by atoms with Crippen LogP contribution in [0.15, 0.2) is 57.9 Å². The zero-order chi connectivity index (χ0) is 19.2. The largest absolute Gasteiger partial charge is 0.491 e. The highest BCUT2D eigenvalue weighted by atomic mass is 79.9. The lowest BCUT2D eigenvalue weighted by Crippen LogP contribution is -2.27. The molecule has 1 amide bonds. The van der Waals surface area contributed by atoms with Crippen molar-refractivity contribution in [3.05, 3.63) is 53.0 Å². The van der Waals surface area contributed by atoms with E-state index in [9.17, 15) is 13.2 Å². The van der Waals surface area contributed by atoms with E-state index in [1.807, 2.05) is 13.8 Å². The molecule has 0 saturated heterocycles. The molecule has 2 aromatic rings. The Morgan fingerprint density at radius 3 is 2.46 bits per heavy atom. The molecule has 0 bridgehead atoms. The Balaban J connectivity index is 1.83. The highest BCUT2D eigenvalue weighted by Crippen LogP contribution is 2.17. The van der Waals surface area contributed by atoms with Crippen LogP contribution >= 0.6 is 15.9 Å². The number of halogens is 1. The molecule has 8 heteroatoms. The molecular formula is C18H21BrN2O4S. The van der Waals surface area contributed by atoms with Crippen molar-refractivity contribution >= 4 is 37.5 Å². The molecular weight excluding hydrogens is 420 g/mol. The summed E-state index contributed by atoms with van der Waals surface area (Å²) in [5, 5.41) is 2.72. The number of carbonyl (C=O) groups excluding carboxylic acids is 1. The maximum absolute atomic E-state index is 12.2. The number of benzene rings is 2. The molecule has 0 aromatic heterocycles. The molecule has 0 aliphatic carbocycles. The lowest BCUT2D eigenvalue weighted by molar-refractivity contribution is -0.116. The van der Waals surface area contributed by atoms with Gasteiger partial charge in [-0.3, -0.25) is 4.79 Å². The van der Waals surface area contributed by atoms with Crippen molar-refractivity contribution < 1.29 is 17.9 Å². The monoisotopic (exact) mass is 440 g/mol. The summed E-state index contributed by atoms with van der Waals surface area (Å²) in [6.07, 6.45) is 0.103. The third-order valence-electron chi connectivity index (χ3n) is 3.26. The van der Waals surface area contributed by atoms with Gasteiger partial charge in [0.05, 0.1) is 11.0 Å². The van der Waals surface area contributed by atoms with Crippen molar-refractivity contribution in [3.63, 3.8) is 0 Å². The van der Waals surface area contributed by atoms with Crippen molar-refractivity contribution in [2.45, 2.75) is 31.3 Å². The molecule has 0 fully saturated rings. The van der Waals surface area contributed by atoms with E-state index >= 15 is 0 Å². The van der Waals surface area contributed by atoms with Crippen molar-refractivity contribution in [2.75, 3.05) is 11.9 Å². The third kappa shape index (κ3) is 6.44. The molecule has 26 heavy (non-hydrogen) atoms. The summed E-state index contributed by atoms with van der Waals surface area (Å²) in [5.41, 5.74) is 0.626. The smallest absolute Gasteiger partial charge is 0.240 e. The summed E-state index contributed by atoms with van der Waals surface area (Å²) in [7, 11) is -3.65. The van der Waals surface area contributed by atoms with Crippen molar-refractivity contribution in [1.29, 1.82) is 0 Å². The van der Waals surface area contributed by atoms with Crippen molar-refractivity contribution in [2.24, 2.45) is 0 Å². The Kier molecular flexibility index (Phi) is 7.19. The van der Waals surface area contributed by atoms with E-state index in [0.717, 1.165) is 5.75 Å². The van der Waals surface area contributed by atoms with Crippen LogP contribution in [0.5, 0.6) is 5.75 Å². The number of hydrogen-bond donors (Lipinski definition) is 2. The van der Waals surface area contributed by atoms with Gasteiger partial charge in [-0.2, -0.15) is 0 Å². The van der Waals surface area contributed by atoms with Gasteiger partial charge in [0, 0.05) is 23.1 Å².